The maximum absolute atomic E-state index is 5.12. The molecule has 0 unspecified atom stereocenters. The van der Waals surface area contributed by atoms with Gasteiger partial charge in [-0.25, -0.2) is 24.9 Å². The van der Waals surface area contributed by atoms with Gasteiger partial charge >= 0.3 is 0 Å². The predicted octanol–water partition coefficient (Wildman–Crippen LogP) is 24.2. The normalized spacial score (nSPS) is 11.7. The van der Waals surface area contributed by atoms with Gasteiger partial charge in [-0.15, -0.1) is 0 Å². The highest BCUT2D eigenvalue weighted by Gasteiger charge is 2.19. The lowest BCUT2D eigenvalue weighted by molar-refractivity contribution is -0.594. The number of aromatic nitrogens is 12. The minimum absolute atomic E-state index is 0.889. The molecule has 12 heterocycles. The highest BCUT2D eigenvalue weighted by atomic mass is 14.9. The van der Waals surface area contributed by atoms with Crippen molar-refractivity contribution in [3.63, 3.8) is 0 Å². The smallest absolute Gasteiger partial charge is 0.210 e. The van der Waals surface area contributed by atoms with Gasteiger partial charge in [0.05, 0.1) is 94.5 Å². The first-order chi connectivity index (χ1) is 56.4. The average Bonchev–Trinajstić information content (AvgIpc) is 0.765. The molecule has 12 nitrogen and oxygen atoms in total. The van der Waals surface area contributed by atoms with Gasteiger partial charge in [0.15, 0.2) is 12.4 Å². The van der Waals surface area contributed by atoms with Gasteiger partial charge in [0.1, 0.15) is 0 Å². The minimum Gasteiger partial charge on any atom is -0.254 e. The van der Waals surface area contributed by atoms with Gasteiger partial charge in [-0.05, 0) is 166 Å². The van der Waals surface area contributed by atoms with E-state index in [9.17, 15) is 0 Å². The van der Waals surface area contributed by atoms with Crippen molar-refractivity contribution in [2.75, 3.05) is 0 Å². The summed E-state index contributed by atoms with van der Waals surface area (Å²) >= 11 is 0. The zero-order valence-corrected chi connectivity index (χ0v) is 61.1. The van der Waals surface area contributed by atoms with Gasteiger partial charge in [-0.3, -0.25) is 29.9 Å². The molecule has 528 valence electrons. The van der Waals surface area contributed by atoms with Gasteiger partial charge in [0.25, 0.3) is 0 Å². The maximum atomic E-state index is 5.12. The Kier molecular flexibility index (Phi) is 15.6. The van der Waals surface area contributed by atoms with E-state index < -0.39 is 0 Å². The standard InChI is InChI=1S/C54H33N6.C48H28N6/c1-2-5-35(6-3-1)48-21-13-38-9-8-34-27-30-60(33-46(34)52(38)59-48)43-18-10-36(11-19-43)47-24-16-41-31-39(14-22-49(41)57-47)40-15-23-50-42(32-40)17-25-51(58-50)44-26-29-56-54-45(44)20-12-37-7-4-28-55-53(37)54;1-3-31-9-15-39-37(21-25-51-47(39)45(31)49-23-1)29-5-7-30(8-6-29)41-19-13-35-27-33(11-17-42(35)53-41)34-12-18-43-36(28-34)14-20-44(54-43)38-22-26-52-48-40(38)16-10-32-4-2-24-50-46(32)48/h1-33H;1-28H/q+1;. The van der Waals surface area contributed by atoms with Gasteiger partial charge < -0.3 is 0 Å². The monoisotopic (exact) mass is 1450 g/mol. The predicted molar refractivity (Wildman–Crippen MR) is 464 cm³/mol. The summed E-state index contributed by atoms with van der Waals surface area (Å²) < 4.78 is 2.17. The topological polar surface area (TPSA) is 146 Å². The first-order valence-corrected chi connectivity index (χ1v) is 38.0. The Labute approximate surface area is 652 Å². The summed E-state index contributed by atoms with van der Waals surface area (Å²) in [4.78, 5) is 53.3. The van der Waals surface area contributed by atoms with Crippen molar-refractivity contribution in [2.45, 2.75) is 0 Å². The van der Waals surface area contributed by atoms with Crippen molar-refractivity contribution in [1.82, 2.24) is 54.8 Å². The second-order valence-electron chi connectivity index (χ2n) is 28.8. The third kappa shape index (κ3) is 11.7. The molecule has 12 aromatic heterocycles. The third-order valence-electron chi connectivity index (χ3n) is 22.1. The number of hydrogen-bond donors (Lipinski definition) is 0. The third-order valence-corrected chi connectivity index (χ3v) is 22.1. The Hall–Kier alpha value is -15.7. The van der Waals surface area contributed by atoms with Crippen LogP contribution in [-0.4, -0.2) is 54.8 Å². The van der Waals surface area contributed by atoms with Gasteiger partial charge in [-0.1, -0.05) is 176 Å². The molecule has 0 radical (unpaired) electrons. The van der Waals surface area contributed by atoms with E-state index in [0.717, 1.165) is 226 Å². The Balaban J connectivity index is 0.000000140. The molecule has 23 rings (SSSR count). The molecule has 0 amide bonds. The number of pyridine rings is 12. The van der Waals surface area contributed by atoms with E-state index in [2.05, 4.69) is 332 Å². The van der Waals surface area contributed by atoms with Crippen LogP contribution in [0.25, 0.3) is 226 Å². The number of benzene rings is 11. The van der Waals surface area contributed by atoms with Crippen LogP contribution in [0.2, 0.25) is 0 Å². The largest absolute Gasteiger partial charge is 0.254 e. The first-order valence-electron chi connectivity index (χ1n) is 38.0. The molecule has 0 aliphatic carbocycles. The fraction of sp³-hybridized carbons (Fsp3) is 0. The highest BCUT2D eigenvalue weighted by molar-refractivity contribution is 6.11. The molecule has 0 N–H and O–H groups in total. The van der Waals surface area contributed by atoms with E-state index in [1.54, 1.807) is 0 Å². The van der Waals surface area contributed by atoms with E-state index in [-0.39, 0.29) is 0 Å². The SMILES string of the molecule is c1ccc(-c2ccc3ccc4cc[n+](-c5ccc(-c6ccc7cc(-c8ccc9nc(-c%10ccnc%11c%10ccc%10cccnc%10%11)ccc9c8)ccc7n6)cc5)cc4c3n2)cc1.c1cnc2c(c1)ccc1c(-c3ccc(-c4ccc5cc(-c6ccc7nc(-c8ccnc9c8ccc8cccnc89)ccc7c6)ccc5n4)cc3)ccnc12. The summed E-state index contributed by atoms with van der Waals surface area (Å²) in [6.45, 7) is 0. The van der Waals surface area contributed by atoms with Crippen molar-refractivity contribution in [3.8, 4) is 95.4 Å². The molecule has 23 aromatic rings. The number of nitrogens with zero attached hydrogens (tertiary/aromatic N) is 12. The lowest BCUT2D eigenvalue weighted by Crippen LogP contribution is -2.29. The second-order valence-corrected chi connectivity index (χ2v) is 28.8. The van der Waals surface area contributed by atoms with Crippen molar-refractivity contribution >= 4 is 131 Å². The summed E-state index contributed by atoms with van der Waals surface area (Å²) in [7, 11) is 0. The van der Waals surface area contributed by atoms with E-state index in [0.29, 0.717) is 0 Å². The lowest BCUT2D eigenvalue weighted by atomic mass is 9.98. The van der Waals surface area contributed by atoms with Gasteiger partial charge in [-0.2, -0.15) is 4.57 Å². The molecule has 0 spiro atoms. The van der Waals surface area contributed by atoms with Crippen LogP contribution in [0.15, 0.2) is 371 Å². The molecule has 0 saturated carbocycles. The molecule has 0 fully saturated rings. The van der Waals surface area contributed by atoms with Crippen LogP contribution >= 0.6 is 0 Å². The van der Waals surface area contributed by atoms with Crippen molar-refractivity contribution < 1.29 is 4.57 Å². The van der Waals surface area contributed by atoms with Crippen LogP contribution in [0.1, 0.15) is 0 Å². The van der Waals surface area contributed by atoms with Crippen LogP contribution < -0.4 is 4.57 Å². The molecule has 0 aliphatic rings. The number of fused-ring (bicyclic) bond motifs is 16. The molecule has 0 bridgehead atoms. The van der Waals surface area contributed by atoms with Crippen molar-refractivity contribution in [3.05, 3.63) is 371 Å². The summed E-state index contributed by atoms with van der Waals surface area (Å²) in [6.07, 6.45) is 15.3. The molecule has 0 aliphatic heterocycles. The lowest BCUT2D eigenvalue weighted by Gasteiger charge is -2.10. The fourth-order valence-electron chi connectivity index (χ4n) is 16.2. The molecule has 0 atom stereocenters. The maximum Gasteiger partial charge on any atom is 0.210 e. The summed E-state index contributed by atoms with van der Waals surface area (Å²) in [5.41, 5.74) is 28.1. The quantitative estimate of drug-likeness (QED) is 0.101. The minimum atomic E-state index is 0.889. The molecule has 0 saturated heterocycles. The summed E-state index contributed by atoms with van der Waals surface area (Å²) in [6, 6.07) is 112. The summed E-state index contributed by atoms with van der Waals surface area (Å²) in [5, 5.41) is 14.2. The Morgan fingerprint density at radius 2 is 0.526 bits per heavy atom. The number of hydrogen-bond acceptors (Lipinski definition) is 11. The Morgan fingerprint density at radius 3 is 1.00 bits per heavy atom. The molecular formula is C102H61N12+. The zero-order valence-electron chi connectivity index (χ0n) is 61.1. The van der Waals surface area contributed by atoms with Crippen LogP contribution in [-0.2, 0) is 0 Å². The van der Waals surface area contributed by atoms with E-state index >= 15 is 0 Å². The van der Waals surface area contributed by atoms with E-state index in [1.807, 2.05) is 73.6 Å². The first kappa shape index (κ1) is 65.4. The average molecular weight is 1450 g/mol. The van der Waals surface area contributed by atoms with Crippen LogP contribution in [0.3, 0.4) is 0 Å². The zero-order chi connectivity index (χ0) is 75.2. The van der Waals surface area contributed by atoms with Crippen LogP contribution in [0, 0.1) is 0 Å². The van der Waals surface area contributed by atoms with Gasteiger partial charge in [0, 0.05) is 142 Å². The summed E-state index contributed by atoms with van der Waals surface area (Å²) in [5.74, 6) is 0. The molecule has 114 heavy (non-hydrogen) atoms. The van der Waals surface area contributed by atoms with E-state index in [4.69, 9.17) is 24.9 Å². The van der Waals surface area contributed by atoms with Crippen molar-refractivity contribution in [2.24, 2.45) is 0 Å². The van der Waals surface area contributed by atoms with Crippen molar-refractivity contribution in [1.29, 1.82) is 0 Å². The molecule has 12 heteroatoms. The Bertz CT molecular complexity index is 7870. The second kappa shape index (κ2) is 27.2. The van der Waals surface area contributed by atoms with Crippen LogP contribution in [0.4, 0.5) is 0 Å². The Morgan fingerprint density at radius 1 is 0.184 bits per heavy atom. The molecular weight excluding hydrogens is 1390 g/mol. The van der Waals surface area contributed by atoms with Crippen LogP contribution in [0.5, 0.6) is 0 Å². The highest BCUT2D eigenvalue weighted by Crippen LogP contribution is 2.39. The number of rotatable bonds is 9. The fourth-order valence-corrected chi connectivity index (χ4v) is 16.2. The van der Waals surface area contributed by atoms with Gasteiger partial charge in [0.2, 0.25) is 5.69 Å². The molecule has 11 aromatic carbocycles. The van der Waals surface area contributed by atoms with E-state index in [1.165, 1.54) is 0 Å².